The molecule has 1 heterocycles. The summed E-state index contributed by atoms with van der Waals surface area (Å²) in [6.07, 6.45) is 2.59. The molecule has 0 aromatic rings. The van der Waals surface area contributed by atoms with Gasteiger partial charge in [-0.25, -0.2) is 0 Å². The summed E-state index contributed by atoms with van der Waals surface area (Å²) < 4.78 is 0. The van der Waals surface area contributed by atoms with Crippen LogP contribution in [0.3, 0.4) is 0 Å². The quantitative estimate of drug-likeness (QED) is 0.785. The van der Waals surface area contributed by atoms with Crippen LogP contribution < -0.4 is 0 Å². The van der Waals surface area contributed by atoms with Gasteiger partial charge in [0.1, 0.15) is 0 Å². The number of β-amino-alcohol motifs (C(OH)–C–C–N with tert-alkyl or cyclic N) is 1. The summed E-state index contributed by atoms with van der Waals surface area (Å²) in [7, 11) is 0. The molecule has 0 aromatic carbocycles. The minimum atomic E-state index is -0.750. The zero-order chi connectivity index (χ0) is 10.8. The number of carbonyl (C=O) groups excluding carboxylic acids is 1. The van der Waals surface area contributed by atoms with E-state index in [9.17, 15) is 9.90 Å². The van der Waals surface area contributed by atoms with Gasteiger partial charge in [0.15, 0.2) is 0 Å². The van der Waals surface area contributed by atoms with E-state index >= 15 is 0 Å². The molecule has 1 aliphatic rings. The SMILES string of the molecule is CCC(C)(O)CN1CCCC(Br)C1=O. The van der Waals surface area contributed by atoms with Crippen molar-refractivity contribution in [2.45, 2.75) is 43.5 Å². The fraction of sp³-hybridized carbons (Fsp3) is 0.900. The maximum atomic E-state index is 11.7. The molecule has 1 fully saturated rings. The van der Waals surface area contributed by atoms with Crippen LogP contribution in [0.5, 0.6) is 0 Å². The Hall–Kier alpha value is -0.0900. The third kappa shape index (κ3) is 2.95. The zero-order valence-electron chi connectivity index (χ0n) is 8.79. The van der Waals surface area contributed by atoms with Crippen molar-refractivity contribution in [2.24, 2.45) is 0 Å². The van der Waals surface area contributed by atoms with E-state index in [-0.39, 0.29) is 10.7 Å². The molecule has 14 heavy (non-hydrogen) atoms. The van der Waals surface area contributed by atoms with Gasteiger partial charge < -0.3 is 10.0 Å². The highest BCUT2D eigenvalue weighted by Crippen LogP contribution is 2.21. The zero-order valence-corrected chi connectivity index (χ0v) is 10.4. The Bertz CT molecular complexity index is 218. The summed E-state index contributed by atoms with van der Waals surface area (Å²) in [5.41, 5.74) is -0.750. The molecule has 3 nitrogen and oxygen atoms in total. The number of halogens is 1. The first-order valence-electron chi connectivity index (χ1n) is 5.11. The number of amides is 1. The lowest BCUT2D eigenvalue weighted by Crippen LogP contribution is -2.49. The average molecular weight is 264 g/mol. The molecule has 82 valence electrons. The summed E-state index contributed by atoms with van der Waals surface area (Å²) in [4.78, 5) is 13.4. The van der Waals surface area contributed by atoms with Crippen molar-refractivity contribution in [3.05, 3.63) is 0 Å². The number of hydrogen-bond acceptors (Lipinski definition) is 2. The number of piperidine rings is 1. The van der Waals surface area contributed by atoms with E-state index in [1.807, 2.05) is 6.92 Å². The summed E-state index contributed by atoms with van der Waals surface area (Å²) in [6, 6.07) is 0. The average Bonchev–Trinajstić information content (AvgIpc) is 2.13. The van der Waals surface area contributed by atoms with Gasteiger partial charge in [-0.1, -0.05) is 22.9 Å². The van der Waals surface area contributed by atoms with Crippen LogP contribution in [0.1, 0.15) is 33.1 Å². The third-order valence-corrected chi connectivity index (χ3v) is 3.61. The van der Waals surface area contributed by atoms with Crippen molar-refractivity contribution in [3.63, 3.8) is 0 Å². The molecule has 0 bridgehead atoms. The van der Waals surface area contributed by atoms with E-state index in [1.165, 1.54) is 0 Å². The maximum Gasteiger partial charge on any atom is 0.236 e. The fourth-order valence-corrected chi connectivity index (χ4v) is 2.19. The van der Waals surface area contributed by atoms with E-state index in [4.69, 9.17) is 0 Å². The lowest BCUT2D eigenvalue weighted by molar-refractivity contribution is -0.136. The summed E-state index contributed by atoms with van der Waals surface area (Å²) >= 11 is 3.35. The van der Waals surface area contributed by atoms with Gasteiger partial charge in [0.05, 0.1) is 10.4 Å². The summed E-state index contributed by atoms with van der Waals surface area (Å²) in [5, 5.41) is 9.87. The summed E-state index contributed by atoms with van der Waals surface area (Å²) in [5.74, 6) is 0.116. The number of alkyl halides is 1. The Kier molecular flexibility index (Phi) is 3.95. The predicted octanol–water partition coefficient (Wildman–Crippen LogP) is 1.53. The van der Waals surface area contributed by atoms with E-state index in [0.717, 1.165) is 19.4 Å². The fourth-order valence-electron chi connectivity index (χ4n) is 1.57. The van der Waals surface area contributed by atoms with Gasteiger partial charge in [0.25, 0.3) is 0 Å². The molecule has 2 atom stereocenters. The van der Waals surface area contributed by atoms with Crippen molar-refractivity contribution < 1.29 is 9.90 Å². The topological polar surface area (TPSA) is 40.5 Å². The lowest BCUT2D eigenvalue weighted by atomic mass is 10.0. The third-order valence-electron chi connectivity index (χ3n) is 2.76. The number of rotatable bonds is 3. The normalized spacial score (nSPS) is 27.6. The highest BCUT2D eigenvalue weighted by atomic mass is 79.9. The molecule has 0 spiro atoms. The van der Waals surface area contributed by atoms with Gasteiger partial charge in [0, 0.05) is 13.1 Å². The number of carbonyl (C=O) groups is 1. The number of aliphatic hydroxyl groups is 1. The molecular weight excluding hydrogens is 246 g/mol. The van der Waals surface area contributed by atoms with Gasteiger partial charge >= 0.3 is 0 Å². The highest BCUT2D eigenvalue weighted by molar-refractivity contribution is 9.10. The minimum Gasteiger partial charge on any atom is -0.388 e. The Labute approximate surface area is 93.6 Å². The standard InChI is InChI=1S/C10H18BrNO2/c1-3-10(2,14)7-12-6-4-5-8(11)9(12)13/h8,14H,3-7H2,1-2H3. The van der Waals surface area contributed by atoms with Gasteiger partial charge in [-0.15, -0.1) is 0 Å². The van der Waals surface area contributed by atoms with Crippen LogP contribution in [-0.2, 0) is 4.79 Å². The van der Waals surface area contributed by atoms with Gasteiger partial charge in [-0.05, 0) is 26.2 Å². The van der Waals surface area contributed by atoms with Crippen LogP contribution in [0.4, 0.5) is 0 Å². The van der Waals surface area contributed by atoms with Crippen LogP contribution in [0.2, 0.25) is 0 Å². The molecule has 2 unspecified atom stereocenters. The lowest BCUT2D eigenvalue weighted by Gasteiger charge is -2.35. The highest BCUT2D eigenvalue weighted by Gasteiger charge is 2.31. The van der Waals surface area contributed by atoms with E-state index in [0.29, 0.717) is 13.0 Å². The minimum absolute atomic E-state index is 0.0519. The second kappa shape index (κ2) is 4.62. The van der Waals surface area contributed by atoms with Crippen molar-refractivity contribution >= 4 is 21.8 Å². The second-order valence-corrected chi connectivity index (χ2v) is 5.33. The first-order valence-corrected chi connectivity index (χ1v) is 6.03. The Morgan fingerprint density at radius 3 is 2.93 bits per heavy atom. The Morgan fingerprint density at radius 2 is 2.36 bits per heavy atom. The van der Waals surface area contributed by atoms with E-state index < -0.39 is 5.60 Å². The van der Waals surface area contributed by atoms with Crippen molar-refractivity contribution in [1.29, 1.82) is 0 Å². The second-order valence-electron chi connectivity index (χ2n) is 4.22. The number of hydrogen-bond donors (Lipinski definition) is 1. The van der Waals surface area contributed by atoms with Crippen LogP contribution in [0, 0.1) is 0 Å². The predicted molar refractivity (Wildman–Crippen MR) is 59.4 cm³/mol. The molecule has 1 saturated heterocycles. The number of nitrogens with zero attached hydrogens (tertiary/aromatic N) is 1. The van der Waals surface area contributed by atoms with Crippen LogP contribution >= 0.6 is 15.9 Å². The molecule has 0 aromatic heterocycles. The molecule has 1 amide bonds. The van der Waals surface area contributed by atoms with Crippen molar-refractivity contribution in [2.75, 3.05) is 13.1 Å². The van der Waals surface area contributed by atoms with Crippen molar-refractivity contribution in [3.8, 4) is 0 Å². The molecule has 0 radical (unpaired) electrons. The first-order chi connectivity index (χ1) is 6.46. The van der Waals surface area contributed by atoms with Crippen LogP contribution in [0.25, 0.3) is 0 Å². The summed E-state index contributed by atoms with van der Waals surface area (Å²) in [6.45, 7) is 4.93. The van der Waals surface area contributed by atoms with Crippen LogP contribution in [0.15, 0.2) is 0 Å². The largest absolute Gasteiger partial charge is 0.388 e. The van der Waals surface area contributed by atoms with Gasteiger partial charge in [0.2, 0.25) is 5.91 Å². The number of likely N-dealkylation sites (tertiary alicyclic amines) is 1. The Morgan fingerprint density at radius 1 is 1.71 bits per heavy atom. The Balaban J connectivity index is 2.55. The molecule has 0 aliphatic carbocycles. The van der Waals surface area contributed by atoms with Gasteiger partial charge in [-0.3, -0.25) is 4.79 Å². The first kappa shape index (κ1) is 12.0. The molecular formula is C10H18BrNO2. The van der Waals surface area contributed by atoms with E-state index in [1.54, 1.807) is 11.8 Å². The smallest absolute Gasteiger partial charge is 0.236 e. The molecule has 0 saturated carbocycles. The molecule has 1 aliphatic heterocycles. The van der Waals surface area contributed by atoms with Gasteiger partial charge in [-0.2, -0.15) is 0 Å². The molecule has 1 rings (SSSR count). The molecule has 4 heteroatoms. The van der Waals surface area contributed by atoms with E-state index in [2.05, 4.69) is 15.9 Å². The monoisotopic (exact) mass is 263 g/mol. The molecule has 1 N–H and O–H groups in total. The van der Waals surface area contributed by atoms with Crippen molar-refractivity contribution in [1.82, 2.24) is 4.90 Å². The van der Waals surface area contributed by atoms with Crippen LogP contribution in [-0.4, -0.2) is 39.4 Å². The maximum absolute atomic E-state index is 11.7.